The number of pyridine rings is 1. The van der Waals surface area contributed by atoms with Crippen LogP contribution in [-0.4, -0.2) is 35.8 Å². The molecule has 1 aliphatic rings. The molecule has 2 N–H and O–H groups in total. The van der Waals surface area contributed by atoms with Crippen molar-refractivity contribution in [1.82, 2.24) is 15.2 Å². The van der Waals surface area contributed by atoms with Gasteiger partial charge in [-0.3, -0.25) is 14.4 Å². The molecule has 1 fully saturated rings. The first-order valence-electron chi connectivity index (χ1n) is 8.80. The van der Waals surface area contributed by atoms with Crippen LogP contribution in [0.4, 0.5) is 0 Å². The number of nitrogens with zero attached hydrogens (tertiary/aromatic N) is 1. The molecule has 7 nitrogen and oxygen atoms in total. The van der Waals surface area contributed by atoms with Crippen LogP contribution in [0.15, 0.2) is 41.3 Å². The van der Waals surface area contributed by atoms with Crippen molar-refractivity contribution in [2.45, 2.75) is 31.8 Å². The van der Waals surface area contributed by atoms with Gasteiger partial charge in [0.2, 0.25) is 0 Å². The predicted molar refractivity (Wildman–Crippen MR) is 99.9 cm³/mol. The van der Waals surface area contributed by atoms with Gasteiger partial charge in [-0.1, -0.05) is 24.3 Å². The summed E-state index contributed by atoms with van der Waals surface area (Å²) >= 11 is 0. The number of carbonyl (C=O) groups is 3. The molecule has 0 radical (unpaired) electrons. The van der Waals surface area contributed by atoms with E-state index >= 15 is 0 Å². The fourth-order valence-electron chi connectivity index (χ4n) is 2.82. The van der Waals surface area contributed by atoms with Gasteiger partial charge in [-0.2, -0.15) is 0 Å². The molecule has 0 bridgehead atoms. The minimum atomic E-state index is -0.537. The predicted octanol–water partition coefficient (Wildman–Crippen LogP) is 0.890. The van der Waals surface area contributed by atoms with Crippen molar-refractivity contribution in [2.75, 3.05) is 7.05 Å². The zero-order chi connectivity index (χ0) is 19.4. The lowest BCUT2D eigenvalue weighted by atomic mass is 10.1. The third-order valence-corrected chi connectivity index (χ3v) is 4.40. The smallest absolute Gasteiger partial charge is 0.263 e. The summed E-state index contributed by atoms with van der Waals surface area (Å²) in [5, 5.41) is 5.30. The van der Waals surface area contributed by atoms with Gasteiger partial charge in [-0.15, -0.1) is 0 Å². The number of amides is 2. The molecule has 1 heterocycles. The summed E-state index contributed by atoms with van der Waals surface area (Å²) in [6, 6.07) is 8.80. The number of aromatic nitrogens is 1. The number of hydrogen-bond donors (Lipinski definition) is 2. The van der Waals surface area contributed by atoms with Crippen molar-refractivity contribution in [1.29, 1.82) is 0 Å². The van der Waals surface area contributed by atoms with Crippen LogP contribution >= 0.6 is 0 Å². The second-order valence-corrected chi connectivity index (χ2v) is 6.59. The van der Waals surface area contributed by atoms with Crippen LogP contribution in [0.3, 0.4) is 0 Å². The van der Waals surface area contributed by atoms with Crippen LogP contribution in [-0.2, 0) is 17.8 Å². The molecule has 7 heteroatoms. The SMILES string of the molecule is CNC(=O)c1cc(C(=O)NC2CC2)cn(Cc2cccc(CC=O)c2)c1=O. The molecule has 0 aliphatic heterocycles. The van der Waals surface area contributed by atoms with Crippen LogP contribution in [0, 0.1) is 0 Å². The van der Waals surface area contributed by atoms with Gasteiger partial charge in [0.25, 0.3) is 17.4 Å². The van der Waals surface area contributed by atoms with Crippen LogP contribution < -0.4 is 16.2 Å². The van der Waals surface area contributed by atoms with Crippen molar-refractivity contribution in [3.05, 3.63) is 69.1 Å². The van der Waals surface area contributed by atoms with Gasteiger partial charge < -0.3 is 20.0 Å². The molecule has 2 aromatic rings. The molecule has 0 atom stereocenters. The molecule has 0 saturated heterocycles. The van der Waals surface area contributed by atoms with Crippen LogP contribution in [0.2, 0.25) is 0 Å². The second kappa shape index (κ2) is 7.99. The highest BCUT2D eigenvalue weighted by molar-refractivity contribution is 5.99. The summed E-state index contributed by atoms with van der Waals surface area (Å²) in [5.74, 6) is -0.837. The summed E-state index contributed by atoms with van der Waals surface area (Å²) in [7, 11) is 1.44. The Morgan fingerprint density at radius 3 is 2.59 bits per heavy atom. The normalized spacial score (nSPS) is 13.1. The molecule has 1 saturated carbocycles. The molecule has 2 amide bonds. The van der Waals surface area contributed by atoms with E-state index in [-0.39, 0.29) is 36.0 Å². The largest absolute Gasteiger partial charge is 0.355 e. The molecule has 27 heavy (non-hydrogen) atoms. The number of nitrogens with one attached hydrogen (secondary N) is 2. The molecule has 140 valence electrons. The monoisotopic (exact) mass is 367 g/mol. The lowest BCUT2D eigenvalue weighted by Gasteiger charge is -2.12. The lowest BCUT2D eigenvalue weighted by Crippen LogP contribution is -2.34. The minimum absolute atomic E-state index is 0.0787. The highest BCUT2D eigenvalue weighted by atomic mass is 16.2. The fraction of sp³-hybridized carbons (Fsp3) is 0.300. The van der Waals surface area contributed by atoms with E-state index < -0.39 is 11.5 Å². The summed E-state index contributed by atoms with van der Waals surface area (Å²) in [6.07, 6.45) is 4.46. The maximum Gasteiger partial charge on any atom is 0.263 e. The second-order valence-electron chi connectivity index (χ2n) is 6.59. The van der Waals surface area contributed by atoms with Crippen molar-refractivity contribution in [3.8, 4) is 0 Å². The van der Waals surface area contributed by atoms with Crippen molar-refractivity contribution in [3.63, 3.8) is 0 Å². The van der Waals surface area contributed by atoms with E-state index in [1.165, 1.54) is 23.9 Å². The maximum atomic E-state index is 12.7. The zero-order valence-corrected chi connectivity index (χ0v) is 15.0. The Hall–Kier alpha value is -3.22. The van der Waals surface area contributed by atoms with E-state index in [2.05, 4.69) is 10.6 Å². The van der Waals surface area contributed by atoms with Crippen LogP contribution in [0.5, 0.6) is 0 Å². The van der Waals surface area contributed by atoms with Gasteiger partial charge in [0.15, 0.2) is 0 Å². The third kappa shape index (κ3) is 4.49. The summed E-state index contributed by atoms with van der Waals surface area (Å²) in [5.41, 5.74) is 1.36. The van der Waals surface area contributed by atoms with Crippen molar-refractivity contribution >= 4 is 18.1 Å². The van der Waals surface area contributed by atoms with E-state index in [1.54, 1.807) is 0 Å². The van der Waals surface area contributed by atoms with E-state index in [0.717, 1.165) is 30.3 Å². The first kappa shape index (κ1) is 18.6. The van der Waals surface area contributed by atoms with Gasteiger partial charge in [0.05, 0.1) is 12.1 Å². The molecule has 1 aromatic carbocycles. The Balaban J connectivity index is 1.98. The molecule has 1 aliphatic carbocycles. The molecule has 1 aromatic heterocycles. The highest BCUT2D eigenvalue weighted by Gasteiger charge is 2.25. The number of benzene rings is 1. The number of carbonyl (C=O) groups excluding carboxylic acids is 3. The minimum Gasteiger partial charge on any atom is -0.355 e. The third-order valence-electron chi connectivity index (χ3n) is 4.40. The number of aldehydes is 1. The van der Waals surface area contributed by atoms with Gasteiger partial charge in [-0.25, -0.2) is 0 Å². The summed E-state index contributed by atoms with van der Waals surface area (Å²) in [6.45, 7) is 0.195. The topological polar surface area (TPSA) is 97.3 Å². The van der Waals surface area contributed by atoms with Gasteiger partial charge in [-0.05, 0) is 30.0 Å². The first-order chi connectivity index (χ1) is 13.0. The van der Waals surface area contributed by atoms with Gasteiger partial charge >= 0.3 is 0 Å². The van der Waals surface area contributed by atoms with E-state index in [9.17, 15) is 19.2 Å². The number of rotatable bonds is 7. The van der Waals surface area contributed by atoms with E-state index in [1.807, 2.05) is 24.3 Å². The Labute approximate surface area is 156 Å². The first-order valence-corrected chi connectivity index (χ1v) is 8.80. The quantitative estimate of drug-likeness (QED) is 0.710. The van der Waals surface area contributed by atoms with E-state index in [0.29, 0.717) is 0 Å². The molecular weight excluding hydrogens is 346 g/mol. The van der Waals surface area contributed by atoms with Crippen molar-refractivity contribution < 1.29 is 14.4 Å². The summed E-state index contributed by atoms with van der Waals surface area (Å²) in [4.78, 5) is 47.9. The molecule has 0 unspecified atom stereocenters. The fourth-order valence-corrected chi connectivity index (χ4v) is 2.82. The Morgan fingerprint density at radius 1 is 1.19 bits per heavy atom. The Morgan fingerprint density at radius 2 is 1.93 bits per heavy atom. The highest BCUT2D eigenvalue weighted by Crippen LogP contribution is 2.19. The van der Waals surface area contributed by atoms with E-state index in [4.69, 9.17) is 0 Å². The van der Waals surface area contributed by atoms with Gasteiger partial charge in [0, 0.05) is 25.7 Å². The molecule has 3 rings (SSSR count). The Bertz CT molecular complexity index is 944. The van der Waals surface area contributed by atoms with Crippen molar-refractivity contribution in [2.24, 2.45) is 0 Å². The lowest BCUT2D eigenvalue weighted by molar-refractivity contribution is -0.107. The van der Waals surface area contributed by atoms with Crippen LogP contribution in [0.1, 0.15) is 44.7 Å². The van der Waals surface area contributed by atoms with Gasteiger partial charge in [0.1, 0.15) is 11.8 Å². The van der Waals surface area contributed by atoms with Crippen LogP contribution in [0.25, 0.3) is 0 Å². The average molecular weight is 367 g/mol. The molecular formula is C20H21N3O4. The number of hydrogen-bond acceptors (Lipinski definition) is 4. The Kier molecular flexibility index (Phi) is 5.49. The standard InChI is InChI=1S/C20H21N3O4/c1-21-19(26)17-10-15(18(25)22-16-5-6-16)12-23(20(17)27)11-14-4-2-3-13(9-14)7-8-24/h2-4,8-10,12,16H,5-7,11H2,1H3,(H,21,26)(H,22,25). The maximum absolute atomic E-state index is 12.7. The summed E-state index contributed by atoms with van der Waals surface area (Å²) < 4.78 is 1.35. The average Bonchev–Trinajstić information content (AvgIpc) is 3.47. The molecule has 0 spiro atoms. The zero-order valence-electron chi connectivity index (χ0n) is 15.0.